The lowest BCUT2D eigenvalue weighted by atomic mass is 9.99. The highest BCUT2D eigenvalue weighted by atomic mass is 28.4. The lowest BCUT2D eigenvalue weighted by Gasteiger charge is -2.43. The highest BCUT2D eigenvalue weighted by Gasteiger charge is 2.52. The number of ether oxygens (including phenoxy) is 2. The van der Waals surface area contributed by atoms with Crippen LogP contribution in [0.2, 0.25) is 5.04 Å². The third-order valence-electron chi connectivity index (χ3n) is 7.98. The normalized spacial score (nSPS) is 19.1. The highest BCUT2D eigenvalue weighted by Crippen LogP contribution is 2.42. The lowest BCUT2D eigenvalue weighted by Crippen LogP contribution is -2.68. The van der Waals surface area contributed by atoms with Gasteiger partial charge < -0.3 is 24.1 Å². The first kappa shape index (κ1) is 29.7. The number of amides is 2. The molecule has 2 amide bonds. The summed E-state index contributed by atoms with van der Waals surface area (Å²) in [7, 11) is -2.83. The van der Waals surface area contributed by atoms with Gasteiger partial charge >= 0.3 is 14.4 Å². The van der Waals surface area contributed by atoms with Crippen molar-refractivity contribution in [1.29, 1.82) is 0 Å². The fraction of sp³-hybridized carbons (Fsp3) is 0.412. The predicted molar refractivity (Wildman–Crippen MR) is 167 cm³/mol. The van der Waals surface area contributed by atoms with Gasteiger partial charge in [-0.2, -0.15) is 0 Å². The van der Waals surface area contributed by atoms with Gasteiger partial charge in [0.1, 0.15) is 23.1 Å². The van der Waals surface area contributed by atoms with Crippen molar-refractivity contribution in [2.75, 3.05) is 13.2 Å². The third kappa shape index (κ3) is 5.90. The average Bonchev–Trinajstić information content (AvgIpc) is 3.29. The maximum absolute atomic E-state index is 13.5. The van der Waals surface area contributed by atoms with Crippen LogP contribution in [0.1, 0.15) is 66.0 Å². The molecule has 8 heteroatoms. The van der Waals surface area contributed by atoms with E-state index in [9.17, 15) is 9.59 Å². The van der Waals surface area contributed by atoms with Crippen LogP contribution in [0.15, 0.2) is 78.9 Å². The SMILES string of the molecule is CC(C)(C)OC(=O)N[C@@H]1CCN(C2CCOc3ccc(O[Si](c4ccccc4)(c4ccccc4)C(C)(C)C)cc32)C1=O. The van der Waals surface area contributed by atoms with Crippen LogP contribution in [0.5, 0.6) is 11.5 Å². The first-order valence-corrected chi connectivity index (χ1v) is 16.7. The number of fused-ring (bicyclic) bond motifs is 1. The first-order chi connectivity index (χ1) is 19.9. The largest absolute Gasteiger partial charge is 0.534 e. The van der Waals surface area contributed by atoms with E-state index in [2.05, 4.69) is 80.7 Å². The Hall–Kier alpha value is -3.78. The van der Waals surface area contributed by atoms with Crippen molar-refractivity contribution < 1.29 is 23.5 Å². The van der Waals surface area contributed by atoms with E-state index in [4.69, 9.17) is 13.9 Å². The van der Waals surface area contributed by atoms with Crippen molar-refractivity contribution in [2.45, 2.75) is 77.1 Å². The summed E-state index contributed by atoms with van der Waals surface area (Å²) in [6.07, 6.45) is 0.625. The van der Waals surface area contributed by atoms with E-state index in [-0.39, 0.29) is 17.0 Å². The van der Waals surface area contributed by atoms with E-state index < -0.39 is 26.1 Å². The number of nitrogens with one attached hydrogen (secondary N) is 1. The molecule has 2 aliphatic rings. The topological polar surface area (TPSA) is 77.1 Å². The minimum atomic E-state index is -2.83. The number of carbonyl (C=O) groups is 2. The van der Waals surface area contributed by atoms with Crippen LogP contribution in [0.25, 0.3) is 0 Å². The Labute approximate surface area is 250 Å². The number of likely N-dealkylation sites (tertiary alicyclic amines) is 1. The molecule has 0 spiro atoms. The predicted octanol–water partition coefficient (Wildman–Crippen LogP) is 5.57. The fourth-order valence-corrected chi connectivity index (χ4v) is 10.6. The molecule has 3 aromatic rings. The van der Waals surface area contributed by atoms with Crippen LogP contribution in [-0.2, 0) is 9.53 Å². The Bertz CT molecular complexity index is 1380. The Balaban J connectivity index is 1.48. The van der Waals surface area contributed by atoms with Crippen LogP contribution < -0.4 is 24.9 Å². The van der Waals surface area contributed by atoms with Crippen molar-refractivity contribution in [3.63, 3.8) is 0 Å². The number of carbonyl (C=O) groups excluding carboxylic acids is 2. The monoisotopic (exact) mass is 586 g/mol. The Morgan fingerprint density at radius 1 is 0.905 bits per heavy atom. The van der Waals surface area contributed by atoms with E-state index in [1.54, 1.807) is 20.8 Å². The number of alkyl carbamates (subject to hydrolysis) is 1. The van der Waals surface area contributed by atoms with Crippen molar-refractivity contribution in [3.05, 3.63) is 84.4 Å². The molecule has 0 saturated carbocycles. The molecule has 222 valence electrons. The minimum Gasteiger partial charge on any atom is -0.534 e. The van der Waals surface area contributed by atoms with Gasteiger partial charge in [-0.25, -0.2) is 4.79 Å². The van der Waals surface area contributed by atoms with Crippen molar-refractivity contribution >= 4 is 30.7 Å². The molecule has 2 aliphatic heterocycles. The van der Waals surface area contributed by atoms with Crippen LogP contribution in [-0.4, -0.2) is 50.0 Å². The first-order valence-electron chi connectivity index (χ1n) is 14.8. The van der Waals surface area contributed by atoms with E-state index in [1.165, 1.54) is 10.4 Å². The summed E-state index contributed by atoms with van der Waals surface area (Å²) < 4.78 is 18.7. The number of nitrogens with zero attached hydrogens (tertiary/aromatic N) is 1. The molecule has 0 radical (unpaired) electrons. The summed E-state index contributed by atoms with van der Waals surface area (Å²) in [5, 5.41) is 4.97. The molecular weight excluding hydrogens is 544 g/mol. The second-order valence-corrected chi connectivity index (χ2v) is 17.4. The van der Waals surface area contributed by atoms with Gasteiger partial charge in [-0.3, -0.25) is 4.79 Å². The van der Waals surface area contributed by atoms with Gasteiger partial charge in [0.25, 0.3) is 0 Å². The van der Waals surface area contributed by atoms with Gasteiger partial charge in [0.2, 0.25) is 5.91 Å². The van der Waals surface area contributed by atoms with E-state index >= 15 is 0 Å². The van der Waals surface area contributed by atoms with Gasteiger partial charge in [0.05, 0.1) is 12.6 Å². The van der Waals surface area contributed by atoms with Gasteiger partial charge in [-0.15, -0.1) is 0 Å². The number of hydrogen-bond donors (Lipinski definition) is 1. The highest BCUT2D eigenvalue weighted by molar-refractivity contribution is 7.00. The zero-order chi connectivity index (χ0) is 30.1. The molecule has 42 heavy (non-hydrogen) atoms. The summed E-state index contributed by atoms with van der Waals surface area (Å²) >= 11 is 0. The molecule has 1 N–H and O–H groups in total. The molecule has 0 aliphatic carbocycles. The van der Waals surface area contributed by atoms with Crippen LogP contribution in [0.4, 0.5) is 4.79 Å². The van der Waals surface area contributed by atoms with Crippen molar-refractivity contribution in [2.24, 2.45) is 0 Å². The third-order valence-corrected chi connectivity index (χ3v) is 12.9. The van der Waals surface area contributed by atoms with Crippen LogP contribution in [0, 0.1) is 0 Å². The summed E-state index contributed by atoms with van der Waals surface area (Å²) in [5.41, 5.74) is 0.301. The van der Waals surface area contributed by atoms with Crippen molar-refractivity contribution in [3.8, 4) is 11.5 Å². The molecule has 1 unspecified atom stereocenters. The Kier molecular flexibility index (Phi) is 8.12. The summed E-state index contributed by atoms with van der Waals surface area (Å²) in [6, 6.07) is 26.3. The number of benzene rings is 3. The molecule has 1 saturated heterocycles. The Morgan fingerprint density at radius 3 is 2.10 bits per heavy atom. The van der Waals surface area contributed by atoms with Crippen LogP contribution >= 0.6 is 0 Å². The zero-order valence-electron chi connectivity index (χ0n) is 25.5. The van der Waals surface area contributed by atoms with Gasteiger partial charge in [-0.1, -0.05) is 81.4 Å². The number of rotatable bonds is 6. The molecule has 3 aromatic carbocycles. The maximum atomic E-state index is 13.5. The van der Waals surface area contributed by atoms with Gasteiger partial charge in [-0.05, 0) is 60.8 Å². The quantitative estimate of drug-likeness (QED) is 0.382. The summed E-state index contributed by atoms with van der Waals surface area (Å²) in [6.45, 7) is 13.2. The van der Waals surface area contributed by atoms with Gasteiger partial charge in [0, 0.05) is 18.5 Å². The standard InChI is InChI=1S/C34H42N2O5Si/c1-33(2,3)40-32(38)35-28-19-21-36(31(28)37)29-20-22-39-30-18-17-24(23-27(29)30)41-42(34(4,5)6,25-13-9-7-10-14-25)26-15-11-8-12-16-26/h7-18,23,28-29H,19-22H2,1-6H3,(H,35,38)/t28-,29?/m1/s1. The molecule has 0 aromatic heterocycles. The molecule has 5 rings (SSSR count). The van der Waals surface area contributed by atoms with E-state index in [0.717, 1.165) is 17.1 Å². The molecule has 1 fully saturated rings. The second kappa shape index (κ2) is 11.5. The molecule has 2 atom stereocenters. The average molecular weight is 587 g/mol. The molecule has 2 heterocycles. The van der Waals surface area contributed by atoms with Gasteiger partial charge in [0.15, 0.2) is 0 Å². The van der Waals surface area contributed by atoms with E-state index in [0.29, 0.717) is 26.0 Å². The fourth-order valence-electron chi connectivity index (χ4n) is 6.16. The Morgan fingerprint density at radius 2 is 1.52 bits per heavy atom. The lowest BCUT2D eigenvalue weighted by molar-refractivity contribution is -0.132. The zero-order valence-corrected chi connectivity index (χ0v) is 26.5. The number of hydrogen-bond acceptors (Lipinski definition) is 5. The maximum Gasteiger partial charge on any atom is 0.408 e. The minimum absolute atomic E-state index is 0.1000. The molecule has 0 bridgehead atoms. The molecular formula is C34H42N2O5Si. The summed E-state index contributed by atoms with van der Waals surface area (Å²) in [4.78, 5) is 27.8. The van der Waals surface area contributed by atoms with E-state index in [1.807, 2.05) is 29.2 Å². The van der Waals surface area contributed by atoms with Crippen molar-refractivity contribution in [1.82, 2.24) is 10.2 Å². The summed E-state index contributed by atoms with van der Waals surface area (Å²) in [5.74, 6) is 1.42. The smallest absolute Gasteiger partial charge is 0.408 e. The second-order valence-electron chi connectivity index (χ2n) is 13.1. The molecule has 7 nitrogen and oxygen atoms in total. The van der Waals surface area contributed by atoms with Crippen LogP contribution in [0.3, 0.4) is 0 Å².